The summed E-state index contributed by atoms with van der Waals surface area (Å²) in [6, 6.07) is 3.07. The topological polar surface area (TPSA) is 53.1 Å². The lowest BCUT2D eigenvalue weighted by atomic mass is 9.80. The van der Waals surface area contributed by atoms with Crippen molar-refractivity contribution < 1.29 is 14.3 Å². The Labute approximate surface area is 130 Å². The van der Waals surface area contributed by atoms with E-state index in [1.807, 2.05) is 6.92 Å². The standard InChI is InChI=1S/C16H17BrFNO2/c1-2-3-7-16(15(20)21)8-6-9-12-10(17)4-5-11(18)13(12)19-14(9)16/h4-5,19H,2-3,6-8H2,1H3,(H,20,21). The highest BCUT2D eigenvalue weighted by Crippen LogP contribution is 2.47. The van der Waals surface area contributed by atoms with E-state index in [1.165, 1.54) is 6.07 Å². The summed E-state index contributed by atoms with van der Waals surface area (Å²) in [5, 5.41) is 10.6. The zero-order valence-corrected chi connectivity index (χ0v) is 13.4. The minimum atomic E-state index is -0.893. The summed E-state index contributed by atoms with van der Waals surface area (Å²) < 4.78 is 14.8. The average Bonchev–Trinajstić information content (AvgIpc) is 2.99. The molecule has 1 aliphatic rings. The predicted molar refractivity (Wildman–Crippen MR) is 83.1 cm³/mol. The van der Waals surface area contributed by atoms with Gasteiger partial charge in [-0.15, -0.1) is 0 Å². The number of aryl methyl sites for hydroxylation is 1. The smallest absolute Gasteiger partial charge is 0.315 e. The minimum Gasteiger partial charge on any atom is -0.481 e. The van der Waals surface area contributed by atoms with Crippen LogP contribution in [0, 0.1) is 5.82 Å². The van der Waals surface area contributed by atoms with Gasteiger partial charge in [0.2, 0.25) is 0 Å². The Bertz CT molecular complexity index is 725. The number of carbonyl (C=O) groups is 1. The molecule has 1 aliphatic carbocycles. The number of aromatic amines is 1. The molecule has 0 saturated carbocycles. The number of H-pyrrole nitrogens is 1. The summed E-state index contributed by atoms with van der Waals surface area (Å²) >= 11 is 3.46. The highest BCUT2D eigenvalue weighted by Gasteiger charge is 2.47. The first-order valence-electron chi connectivity index (χ1n) is 7.23. The van der Waals surface area contributed by atoms with E-state index in [0.29, 0.717) is 30.5 Å². The number of halogens is 2. The summed E-state index contributed by atoms with van der Waals surface area (Å²) in [5.41, 5.74) is 1.17. The number of rotatable bonds is 4. The molecule has 0 spiro atoms. The van der Waals surface area contributed by atoms with Gasteiger partial charge in [-0.05, 0) is 37.0 Å². The van der Waals surface area contributed by atoms with E-state index < -0.39 is 11.4 Å². The summed E-state index contributed by atoms with van der Waals surface area (Å²) in [6.07, 6.45) is 3.65. The maximum atomic E-state index is 14.0. The number of carboxylic acid groups (broad SMARTS) is 1. The fourth-order valence-electron chi connectivity index (χ4n) is 3.47. The Hall–Kier alpha value is -1.36. The highest BCUT2D eigenvalue weighted by atomic mass is 79.9. The van der Waals surface area contributed by atoms with Crippen molar-refractivity contribution in [1.29, 1.82) is 0 Å². The predicted octanol–water partition coefficient (Wildman–Crippen LogP) is 4.53. The van der Waals surface area contributed by atoms with Crippen molar-refractivity contribution in [1.82, 2.24) is 4.98 Å². The fourth-order valence-corrected chi connectivity index (χ4v) is 4.04. The van der Waals surface area contributed by atoms with E-state index in [4.69, 9.17) is 0 Å². The molecule has 0 amide bonds. The Morgan fingerprint density at radius 2 is 2.29 bits per heavy atom. The Balaban J connectivity index is 2.24. The van der Waals surface area contributed by atoms with Crippen LogP contribution in [0.25, 0.3) is 10.9 Å². The molecule has 0 radical (unpaired) electrons. The molecule has 0 aliphatic heterocycles. The fraction of sp³-hybridized carbons (Fsp3) is 0.438. The van der Waals surface area contributed by atoms with Gasteiger partial charge in [0.15, 0.2) is 0 Å². The van der Waals surface area contributed by atoms with Crippen molar-refractivity contribution in [2.45, 2.75) is 44.4 Å². The van der Waals surface area contributed by atoms with Crippen LogP contribution >= 0.6 is 15.9 Å². The van der Waals surface area contributed by atoms with Gasteiger partial charge in [-0.2, -0.15) is 0 Å². The number of hydrogen-bond donors (Lipinski definition) is 2. The molecule has 1 atom stereocenters. The summed E-state index contributed by atoms with van der Waals surface area (Å²) in [5.74, 6) is -1.14. The van der Waals surface area contributed by atoms with E-state index in [2.05, 4.69) is 20.9 Å². The van der Waals surface area contributed by atoms with Crippen LogP contribution in [-0.4, -0.2) is 16.1 Å². The maximum absolute atomic E-state index is 14.0. The van der Waals surface area contributed by atoms with Crippen LogP contribution in [0.5, 0.6) is 0 Å². The molecule has 0 bridgehead atoms. The van der Waals surface area contributed by atoms with Gasteiger partial charge < -0.3 is 10.1 Å². The van der Waals surface area contributed by atoms with Gasteiger partial charge in [-0.3, -0.25) is 4.79 Å². The molecule has 1 aromatic carbocycles. The first-order valence-corrected chi connectivity index (χ1v) is 8.03. The normalized spacial score (nSPS) is 20.9. The number of carboxylic acids is 1. The number of aromatic nitrogens is 1. The van der Waals surface area contributed by atoms with Gasteiger partial charge in [0.25, 0.3) is 0 Å². The highest BCUT2D eigenvalue weighted by molar-refractivity contribution is 9.10. The van der Waals surface area contributed by atoms with Crippen molar-refractivity contribution in [2.24, 2.45) is 0 Å². The van der Waals surface area contributed by atoms with Crippen molar-refractivity contribution in [3.63, 3.8) is 0 Å². The third kappa shape index (κ3) is 2.01. The van der Waals surface area contributed by atoms with Crippen molar-refractivity contribution >= 4 is 32.8 Å². The first kappa shape index (κ1) is 14.6. The Morgan fingerprint density at radius 1 is 1.52 bits per heavy atom. The number of benzene rings is 1. The SMILES string of the molecule is CCCCC1(C(=O)O)CCc2c1[nH]c1c(F)ccc(Br)c21. The van der Waals surface area contributed by atoms with Gasteiger partial charge in [-0.1, -0.05) is 35.7 Å². The van der Waals surface area contributed by atoms with Crippen LogP contribution in [0.3, 0.4) is 0 Å². The van der Waals surface area contributed by atoms with Crippen LogP contribution in [0.1, 0.15) is 43.9 Å². The molecule has 1 aromatic heterocycles. The third-order valence-electron chi connectivity index (χ3n) is 4.60. The largest absolute Gasteiger partial charge is 0.481 e. The van der Waals surface area contributed by atoms with Crippen molar-refractivity contribution in [3.8, 4) is 0 Å². The third-order valence-corrected chi connectivity index (χ3v) is 5.26. The van der Waals surface area contributed by atoms with Crippen LogP contribution in [0.15, 0.2) is 16.6 Å². The molecule has 2 aromatic rings. The molecule has 1 unspecified atom stereocenters. The van der Waals surface area contributed by atoms with Crippen molar-refractivity contribution in [2.75, 3.05) is 0 Å². The van der Waals surface area contributed by atoms with Crippen LogP contribution in [0.4, 0.5) is 4.39 Å². The molecule has 3 rings (SSSR count). The van der Waals surface area contributed by atoms with Gasteiger partial charge >= 0.3 is 5.97 Å². The summed E-state index contributed by atoms with van der Waals surface area (Å²) in [4.78, 5) is 15.0. The molecule has 0 saturated heterocycles. The number of fused-ring (bicyclic) bond motifs is 3. The lowest BCUT2D eigenvalue weighted by Gasteiger charge is -2.24. The minimum absolute atomic E-state index is 0.336. The van der Waals surface area contributed by atoms with E-state index >= 15 is 0 Å². The van der Waals surface area contributed by atoms with E-state index in [-0.39, 0.29) is 5.82 Å². The monoisotopic (exact) mass is 353 g/mol. The molecule has 5 heteroatoms. The first-order chi connectivity index (χ1) is 10.0. The molecule has 112 valence electrons. The van der Waals surface area contributed by atoms with Crippen LogP contribution in [-0.2, 0) is 16.6 Å². The average molecular weight is 354 g/mol. The second-order valence-electron chi connectivity index (χ2n) is 5.75. The summed E-state index contributed by atoms with van der Waals surface area (Å²) in [7, 11) is 0. The number of hydrogen-bond acceptors (Lipinski definition) is 1. The van der Waals surface area contributed by atoms with Crippen LogP contribution in [0.2, 0.25) is 0 Å². The van der Waals surface area contributed by atoms with E-state index in [0.717, 1.165) is 28.3 Å². The van der Waals surface area contributed by atoms with E-state index in [1.54, 1.807) is 6.07 Å². The molecule has 0 fully saturated rings. The molecular formula is C16H17BrFNO2. The van der Waals surface area contributed by atoms with E-state index in [9.17, 15) is 14.3 Å². The van der Waals surface area contributed by atoms with Gasteiger partial charge in [-0.25, -0.2) is 4.39 Å². The summed E-state index contributed by atoms with van der Waals surface area (Å²) in [6.45, 7) is 2.05. The second-order valence-corrected chi connectivity index (χ2v) is 6.60. The molecule has 2 N–H and O–H groups in total. The number of nitrogens with one attached hydrogen (secondary N) is 1. The zero-order valence-electron chi connectivity index (χ0n) is 11.8. The second kappa shape index (κ2) is 5.13. The van der Waals surface area contributed by atoms with Crippen LogP contribution < -0.4 is 0 Å². The van der Waals surface area contributed by atoms with Gasteiger partial charge in [0.05, 0.1) is 5.52 Å². The van der Waals surface area contributed by atoms with Gasteiger partial charge in [0.1, 0.15) is 11.2 Å². The van der Waals surface area contributed by atoms with Crippen molar-refractivity contribution in [3.05, 3.63) is 33.7 Å². The molecule has 1 heterocycles. The number of aliphatic carboxylic acids is 1. The lowest BCUT2D eigenvalue weighted by molar-refractivity contribution is -0.144. The quantitative estimate of drug-likeness (QED) is 0.848. The number of unbranched alkanes of at least 4 members (excludes halogenated alkanes) is 1. The zero-order chi connectivity index (χ0) is 15.2. The lowest BCUT2D eigenvalue weighted by Crippen LogP contribution is -2.34. The maximum Gasteiger partial charge on any atom is 0.315 e. The molecule has 21 heavy (non-hydrogen) atoms. The Kier molecular flexibility index (Phi) is 3.56. The molecule has 3 nitrogen and oxygen atoms in total. The Morgan fingerprint density at radius 3 is 2.95 bits per heavy atom. The van der Waals surface area contributed by atoms with Gasteiger partial charge in [0, 0.05) is 15.6 Å². The molecular weight excluding hydrogens is 337 g/mol.